The Hall–Kier alpha value is -1.62. The van der Waals surface area contributed by atoms with Crippen molar-refractivity contribution >= 4 is 5.91 Å². The molecule has 1 aromatic heterocycles. The molecule has 16 heavy (non-hydrogen) atoms. The fourth-order valence-electron chi connectivity index (χ4n) is 1.26. The highest BCUT2D eigenvalue weighted by Gasteiger charge is 2.00. The Bertz CT molecular complexity index is 342. The minimum Gasteiger partial charge on any atom is -0.492 e. The first-order valence-corrected chi connectivity index (χ1v) is 5.28. The maximum atomic E-state index is 10.8. The molecule has 0 spiro atoms. The summed E-state index contributed by atoms with van der Waals surface area (Å²) in [4.78, 5) is 14.9. The average Bonchev–Trinajstić information content (AvgIpc) is 2.30. The van der Waals surface area contributed by atoms with Crippen LogP contribution < -0.4 is 16.0 Å². The highest BCUT2D eigenvalue weighted by molar-refractivity contribution is 5.75. The fourth-order valence-corrected chi connectivity index (χ4v) is 1.26. The van der Waals surface area contributed by atoms with Gasteiger partial charge in [0.25, 0.3) is 0 Å². The van der Waals surface area contributed by atoms with Crippen LogP contribution >= 0.6 is 0 Å². The number of nitrogens with one attached hydrogen (secondary N) is 1. The Balaban J connectivity index is 2.17. The summed E-state index contributed by atoms with van der Waals surface area (Å²) in [6, 6.07) is 3.72. The van der Waals surface area contributed by atoms with E-state index in [1.807, 2.05) is 19.1 Å². The summed E-state index contributed by atoms with van der Waals surface area (Å²) in [7, 11) is 0. The number of nitrogens with two attached hydrogens (primary N) is 1. The molecule has 3 N–H and O–H groups in total. The lowest BCUT2D eigenvalue weighted by Gasteiger charge is -2.07. The number of carbonyl (C=O) groups is 1. The minimum atomic E-state index is -0.141. The van der Waals surface area contributed by atoms with Crippen molar-refractivity contribution in [2.75, 3.05) is 6.61 Å². The Morgan fingerprint density at radius 1 is 1.56 bits per heavy atom. The maximum absolute atomic E-state index is 10.8. The van der Waals surface area contributed by atoms with Crippen LogP contribution in [0, 0.1) is 6.92 Å². The Labute approximate surface area is 95.0 Å². The molecule has 88 valence electrons. The number of aromatic nitrogens is 1. The van der Waals surface area contributed by atoms with E-state index in [1.54, 1.807) is 6.20 Å². The van der Waals surface area contributed by atoms with E-state index >= 15 is 0 Å². The summed E-state index contributed by atoms with van der Waals surface area (Å²) in [5, 5.41) is 0. The van der Waals surface area contributed by atoms with Gasteiger partial charge in [-0.1, -0.05) is 0 Å². The monoisotopic (exact) mass is 223 g/mol. The number of unbranched alkanes of at least 4 members (excludes halogenated alkanes) is 1. The molecule has 1 rings (SSSR count). The first kappa shape index (κ1) is 12.4. The molecule has 5 nitrogen and oxygen atoms in total. The maximum Gasteiger partial charge on any atom is 0.233 e. The van der Waals surface area contributed by atoms with Crippen LogP contribution in [0.3, 0.4) is 0 Å². The van der Waals surface area contributed by atoms with Crippen molar-refractivity contribution in [3.8, 4) is 5.75 Å². The third-order valence-electron chi connectivity index (χ3n) is 2.18. The van der Waals surface area contributed by atoms with E-state index in [2.05, 4.69) is 10.4 Å². The molecule has 0 aliphatic heterocycles. The molecule has 5 heteroatoms. The van der Waals surface area contributed by atoms with Gasteiger partial charge in [0.2, 0.25) is 5.91 Å². The molecule has 0 aromatic carbocycles. The standard InChI is InChI=1S/C11H17N3O2/c1-9-10(5-4-7-13-9)16-8-3-2-6-11(15)14-12/h4-5,7H,2-3,6,8,12H2,1H3,(H,14,15). The van der Waals surface area contributed by atoms with Crippen LogP contribution in [-0.2, 0) is 4.79 Å². The first-order chi connectivity index (χ1) is 7.74. The van der Waals surface area contributed by atoms with E-state index in [1.165, 1.54) is 0 Å². The largest absolute Gasteiger partial charge is 0.492 e. The number of hydrogen-bond donors (Lipinski definition) is 2. The first-order valence-electron chi connectivity index (χ1n) is 5.28. The third kappa shape index (κ3) is 4.27. The van der Waals surface area contributed by atoms with Gasteiger partial charge in [-0.3, -0.25) is 15.2 Å². The van der Waals surface area contributed by atoms with Crippen LogP contribution in [0.25, 0.3) is 0 Å². The normalized spacial score (nSPS) is 9.88. The zero-order valence-electron chi connectivity index (χ0n) is 9.40. The van der Waals surface area contributed by atoms with Gasteiger partial charge in [-0.15, -0.1) is 0 Å². The van der Waals surface area contributed by atoms with Crippen molar-refractivity contribution in [1.29, 1.82) is 0 Å². The number of hydrogen-bond acceptors (Lipinski definition) is 4. The molecular formula is C11H17N3O2. The van der Waals surface area contributed by atoms with Crippen molar-refractivity contribution in [3.05, 3.63) is 24.0 Å². The summed E-state index contributed by atoms with van der Waals surface area (Å²) >= 11 is 0. The van der Waals surface area contributed by atoms with Crippen LogP contribution in [0.1, 0.15) is 25.0 Å². The van der Waals surface area contributed by atoms with Gasteiger partial charge in [0.15, 0.2) is 0 Å². The second-order valence-electron chi connectivity index (χ2n) is 3.46. The third-order valence-corrected chi connectivity index (χ3v) is 2.18. The molecule has 0 aliphatic rings. The second-order valence-corrected chi connectivity index (χ2v) is 3.46. The van der Waals surface area contributed by atoms with Gasteiger partial charge in [-0.2, -0.15) is 0 Å². The molecule has 0 fully saturated rings. The average molecular weight is 223 g/mol. The highest BCUT2D eigenvalue weighted by Crippen LogP contribution is 2.13. The van der Waals surface area contributed by atoms with Crippen LogP contribution in [0.15, 0.2) is 18.3 Å². The molecule has 0 saturated heterocycles. The van der Waals surface area contributed by atoms with E-state index in [0.717, 1.165) is 24.3 Å². The summed E-state index contributed by atoms with van der Waals surface area (Å²) in [5.41, 5.74) is 2.97. The quantitative estimate of drug-likeness (QED) is 0.325. The van der Waals surface area contributed by atoms with E-state index in [-0.39, 0.29) is 5.91 Å². The van der Waals surface area contributed by atoms with Crippen LogP contribution in [-0.4, -0.2) is 17.5 Å². The predicted octanol–water partition coefficient (Wildman–Crippen LogP) is 0.929. The lowest BCUT2D eigenvalue weighted by Crippen LogP contribution is -2.29. The van der Waals surface area contributed by atoms with E-state index < -0.39 is 0 Å². The molecule has 0 atom stereocenters. The molecule has 0 saturated carbocycles. The number of ether oxygens (including phenoxy) is 1. The number of rotatable bonds is 6. The second kappa shape index (κ2) is 6.79. The molecule has 1 aromatic rings. The molecule has 0 bridgehead atoms. The smallest absolute Gasteiger partial charge is 0.233 e. The van der Waals surface area contributed by atoms with Gasteiger partial charge in [-0.05, 0) is 31.9 Å². The lowest BCUT2D eigenvalue weighted by atomic mass is 10.2. The number of pyridine rings is 1. The molecule has 0 radical (unpaired) electrons. The van der Waals surface area contributed by atoms with E-state index in [4.69, 9.17) is 10.6 Å². The Morgan fingerprint density at radius 3 is 3.06 bits per heavy atom. The van der Waals surface area contributed by atoms with Gasteiger partial charge in [0.05, 0.1) is 12.3 Å². The molecule has 0 aliphatic carbocycles. The molecule has 1 amide bonds. The van der Waals surface area contributed by atoms with Crippen molar-refractivity contribution < 1.29 is 9.53 Å². The number of hydrazine groups is 1. The molecule has 1 heterocycles. The summed E-state index contributed by atoms with van der Waals surface area (Å²) in [6.45, 7) is 2.49. The number of amides is 1. The predicted molar refractivity (Wildman–Crippen MR) is 60.7 cm³/mol. The summed E-state index contributed by atoms with van der Waals surface area (Å²) < 4.78 is 5.53. The molecular weight excluding hydrogens is 206 g/mol. The van der Waals surface area contributed by atoms with Crippen LogP contribution in [0.4, 0.5) is 0 Å². The van der Waals surface area contributed by atoms with Crippen LogP contribution in [0.2, 0.25) is 0 Å². The Morgan fingerprint density at radius 2 is 2.38 bits per heavy atom. The van der Waals surface area contributed by atoms with Crippen molar-refractivity contribution in [3.63, 3.8) is 0 Å². The minimum absolute atomic E-state index is 0.141. The van der Waals surface area contributed by atoms with Crippen molar-refractivity contribution in [1.82, 2.24) is 10.4 Å². The van der Waals surface area contributed by atoms with Crippen molar-refractivity contribution in [2.24, 2.45) is 5.84 Å². The van der Waals surface area contributed by atoms with Crippen LogP contribution in [0.5, 0.6) is 5.75 Å². The Kier molecular flexibility index (Phi) is 5.28. The zero-order chi connectivity index (χ0) is 11.8. The van der Waals surface area contributed by atoms with Gasteiger partial charge < -0.3 is 4.74 Å². The number of aryl methyl sites for hydroxylation is 1. The fraction of sp³-hybridized carbons (Fsp3) is 0.455. The van der Waals surface area contributed by atoms with Crippen molar-refractivity contribution in [2.45, 2.75) is 26.2 Å². The SMILES string of the molecule is Cc1ncccc1OCCCCC(=O)NN. The van der Waals surface area contributed by atoms with E-state index in [0.29, 0.717) is 13.0 Å². The van der Waals surface area contributed by atoms with Gasteiger partial charge >= 0.3 is 0 Å². The molecule has 0 unspecified atom stereocenters. The van der Waals surface area contributed by atoms with Gasteiger partial charge in [0, 0.05) is 12.6 Å². The van der Waals surface area contributed by atoms with E-state index in [9.17, 15) is 4.79 Å². The number of carbonyl (C=O) groups excluding carboxylic acids is 1. The summed E-state index contributed by atoms with van der Waals surface area (Å²) in [5.74, 6) is 5.61. The highest BCUT2D eigenvalue weighted by atomic mass is 16.5. The topological polar surface area (TPSA) is 77.2 Å². The lowest BCUT2D eigenvalue weighted by molar-refractivity contribution is -0.121. The zero-order valence-corrected chi connectivity index (χ0v) is 9.40. The summed E-state index contributed by atoms with van der Waals surface area (Å²) in [6.07, 6.45) is 3.75. The van der Waals surface area contributed by atoms with Gasteiger partial charge in [0.1, 0.15) is 5.75 Å². The van der Waals surface area contributed by atoms with Gasteiger partial charge in [-0.25, -0.2) is 5.84 Å². The number of nitrogens with zero attached hydrogens (tertiary/aromatic N) is 1.